The van der Waals surface area contributed by atoms with E-state index in [0.29, 0.717) is 0 Å². The molecule has 0 radical (unpaired) electrons. The van der Waals surface area contributed by atoms with Crippen LogP contribution in [0.15, 0.2) is 29.2 Å². The summed E-state index contributed by atoms with van der Waals surface area (Å²) in [5.41, 5.74) is 0.277. The number of nitrogens with one attached hydrogen (secondary N) is 1. The molecule has 1 aromatic carbocycles. The molecule has 0 aliphatic carbocycles. The minimum atomic E-state index is -3.71. The maximum Gasteiger partial charge on any atom is 0.242 e. The zero-order valence-corrected chi connectivity index (χ0v) is 12.4. The summed E-state index contributed by atoms with van der Waals surface area (Å²) in [6.07, 6.45) is 0. The van der Waals surface area contributed by atoms with Crippen LogP contribution in [0.3, 0.4) is 0 Å². The van der Waals surface area contributed by atoms with Crippen LogP contribution in [0.4, 0.5) is 0 Å². The zero-order valence-electron chi connectivity index (χ0n) is 11.6. The van der Waals surface area contributed by atoms with Crippen molar-refractivity contribution in [1.82, 2.24) is 9.62 Å². The molecule has 0 spiro atoms. The predicted molar refractivity (Wildman–Crippen MR) is 74.2 cm³/mol. The van der Waals surface area contributed by atoms with E-state index >= 15 is 0 Å². The smallest absolute Gasteiger partial charge is 0.242 e. The molecular formula is C13H17N3O3S. The van der Waals surface area contributed by atoms with Gasteiger partial charge >= 0.3 is 0 Å². The number of sulfonamides is 1. The van der Waals surface area contributed by atoms with Crippen LogP contribution in [-0.2, 0) is 14.8 Å². The Morgan fingerprint density at radius 2 is 2.15 bits per heavy atom. The Morgan fingerprint density at radius 1 is 1.50 bits per heavy atom. The Labute approximate surface area is 119 Å². The third-order valence-corrected chi connectivity index (χ3v) is 4.72. The second-order valence-electron chi connectivity index (χ2n) is 4.44. The lowest BCUT2D eigenvalue weighted by Gasteiger charge is -2.20. The second kappa shape index (κ2) is 6.50. The highest BCUT2D eigenvalue weighted by atomic mass is 32.2. The van der Waals surface area contributed by atoms with Crippen molar-refractivity contribution in [2.45, 2.75) is 11.8 Å². The van der Waals surface area contributed by atoms with Crippen LogP contribution < -0.4 is 5.32 Å². The molecule has 1 atom stereocenters. The molecule has 0 saturated carbocycles. The van der Waals surface area contributed by atoms with Crippen molar-refractivity contribution in [3.63, 3.8) is 0 Å². The predicted octanol–water partition coefficient (Wildman–Crippen LogP) is 0.561. The Hall–Kier alpha value is -1.91. The Balaban J connectivity index is 2.98. The maximum absolute atomic E-state index is 12.3. The van der Waals surface area contributed by atoms with Crippen molar-refractivity contribution < 1.29 is 13.2 Å². The van der Waals surface area contributed by atoms with Gasteiger partial charge in [-0.1, -0.05) is 13.0 Å². The highest BCUT2D eigenvalue weighted by Crippen LogP contribution is 2.16. The quantitative estimate of drug-likeness (QED) is 0.859. The van der Waals surface area contributed by atoms with Gasteiger partial charge in [-0.3, -0.25) is 4.79 Å². The molecule has 20 heavy (non-hydrogen) atoms. The summed E-state index contributed by atoms with van der Waals surface area (Å²) in [7, 11) is -0.792. The third kappa shape index (κ3) is 3.56. The van der Waals surface area contributed by atoms with E-state index in [1.807, 2.05) is 6.07 Å². The fourth-order valence-corrected chi connectivity index (χ4v) is 3.03. The SMILES string of the molecule is CNC(=O)C(C)CN(C)S(=O)(=O)c1cccc(C#N)c1. The first kappa shape index (κ1) is 16.1. The fraction of sp³-hybridized carbons (Fsp3) is 0.385. The summed E-state index contributed by atoms with van der Waals surface area (Å²) in [4.78, 5) is 11.5. The monoisotopic (exact) mass is 295 g/mol. The molecule has 0 fully saturated rings. The molecule has 1 aromatic rings. The van der Waals surface area contributed by atoms with E-state index in [4.69, 9.17) is 5.26 Å². The van der Waals surface area contributed by atoms with Crippen molar-refractivity contribution in [3.8, 4) is 6.07 Å². The molecule has 1 N–H and O–H groups in total. The van der Waals surface area contributed by atoms with E-state index in [0.717, 1.165) is 4.31 Å². The van der Waals surface area contributed by atoms with Crippen LogP contribution in [0.1, 0.15) is 12.5 Å². The molecule has 0 heterocycles. The summed E-state index contributed by atoms with van der Waals surface area (Å²) in [6.45, 7) is 1.72. The van der Waals surface area contributed by atoms with Crippen molar-refractivity contribution in [2.24, 2.45) is 5.92 Å². The van der Waals surface area contributed by atoms with Gasteiger partial charge in [0, 0.05) is 26.6 Å². The molecule has 1 unspecified atom stereocenters. The molecule has 0 aliphatic heterocycles. The van der Waals surface area contributed by atoms with Gasteiger partial charge in [0.05, 0.1) is 16.5 Å². The van der Waals surface area contributed by atoms with Crippen LogP contribution in [0.5, 0.6) is 0 Å². The summed E-state index contributed by atoms with van der Waals surface area (Å²) < 4.78 is 25.8. The van der Waals surface area contributed by atoms with Crippen molar-refractivity contribution in [2.75, 3.05) is 20.6 Å². The van der Waals surface area contributed by atoms with E-state index in [-0.39, 0.29) is 22.9 Å². The second-order valence-corrected chi connectivity index (χ2v) is 6.49. The fourth-order valence-electron chi connectivity index (χ4n) is 1.72. The van der Waals surface area contributed by atoms with Gasteiger partial charge in [-0.05, 0) is 18.2 Å². The lowest BCUT2D eigenvalue weighted by atomic mass is 10.2. The van der Waals surface area contributed by atoms with Crippen LogP contribution in [0.2, 0.25) is 0 Å². The molecule has 6 nitrogen and oxygen atoms in total. The van der Waals surface area contributed by atoms with Crippen LogP contribution in [0, 0.1) is 17.2 Å². The highest BCUT2D eigenvalue weighted by Gasteiger charge is 2.24. The van der Waals surface area contributed by atoms with Gasteiger partial charge in [0.15, 0.2) is 0 Å². The van der Waals surface area contributed by atoms with E-state index in [9.17, 15) is 13.2 Å². The number of hydrogen-bond acceptors (Lipinski definition) is 4. The molecule has 1 rings (SSSR count). The number of rotatable bonds is 5. The van der Waals surface area contributed by atoms with E-state index in [2.05, 4.69) is 5.32 Å². The minimum absolute atomic E-state index is 0.0446. The van der Waals surface area contributed by atoms with E-state index in [1.165, 1.54) is 38.4 Å². The van der Waals surface area contributed by atoms with Crippen LogP contribution in [0.25, 0.3) is 0 Å². The summed E-state index contributed by atoms with van der Waals surface area (Å²) in [5.74, 6) is -0.684. The van der Waals surface area contributed by atoms with E-state index < -0.39 is 15.9 Å². The molecule has 7 heteroatoms. The third-order valence-electron chi connectivity index (χ3n) is 2.90. The first-order valence-electron chi connectivity index (χ1n) is 6.01. The Kier molecular flexibility index (Phi) is 5.25. The largest absolute Gasteiger partial charge is 0.359 e. The van der Waals surface area contributed by atoms with E-state index in [1.54, 1.807) is 6.92 Å². The number of nitriles is 1. The molecule has 0 aromatic heterocycles. The Bertz CT molecular complexity index is 635. The number of carbonyl (C=O) groups excluding carboxylic acids is 1. The average molecular weight is 295 g/mol. The minimum Gasteiger partial charge on any atom is -0.359 e. The number of nitrogens with zero attached hydrogens (tertiary/aromatic N) is 2. The summed E-state index contributed by atoms with van der Waals surface area (Å²) in [6, 6.07) is 7.69. The average Bonchev–Trinajstić information content (AvgIpc) is 2.46. The standard InChI is InChI=1S/C13H17N3O3S/c1-10(13(17)15-2)9-16(3)20(18,19)12-6-4-5-11(7-12)8-14/h4-7,10H,9H2,1-3H3,(H,15,17). The highest BCUT2D eigenvalue weighted by molar-refractivity contribution is 7.89. The molecule has 108 valence electrons. The van der Waals surface area contributed by atoms with Crippen LogP contribution in [-0.4, -0.2) is 39.3 Å². The lowest BCUT2D eigenvalue weighted by Crippen LogP contribution is -2.37. The summed E-state index contributed by atoms with van der Waals surface area (Å²) in [5, 5.41) is 11.3. The van der Waals surface area contributed by atoms with Crippen molar-refractivity contribution in [3.05, 3.63) is 29.8 Å². The van der Waals surface area contributed by atoms with Gasteiger partial charge in [-0.2, -0.15) is 5.26 Å². The molecule has 0 bridgehead atoms. The number of benzene rings is 1. The molecule has 0 saturated heterocycles. The van der Waals surface area contributed by atoms with Gasteiger partial charge in [0.25, 0.3) is 0 Å². The summed E-state index contributed by atoms with van der Waals surface area (Å²) >= 11 is 0. The molecular weight excluding hydrogens is 278 g/mol. The molecule has 0 aliphatic rings. The topological polar surface area (TPSA) is 90.3 Å². The van der Waals surface area contributed by atoms with Crippen LogP contribution >= 0.6 is 0 Å². The van der Waals surface area contributed by atoms with Crippen molar-refractivity contribution >= 4 is 15.9 Å². The van der Waals surface area contributed by atoms with Gasteiger partial charge in [-0.25, -0.2) is 12.7 Å². The first-order chi connectivity index (χ1) is 9.32. The first-order valence-corrected chi connectivity index (χ1v) is 7.45. The lowest BCUT2D eigenvalue weighted by molar-refractivity contribution is -0.124. The van der Waals surface area contributed by atoms with Gasteiger partial charge in [0.2, 0.25) is 15.9 Å². The van der Waals surface area contributed by atoms with Gasteiger partial charge in [0.1, 0.15) is 0 Å². The normalized spacial score (nSPS) is 12.8. The van der Waals surface area contributed by atoms with Crippen molar-refractivity contribution in [1.29, 1.82) is 5.26 Å². The van der Waals surface area contributed by atoms with Gasteiger partial charge < -0.3 is 5.32 Å². The Morgan fingerprint density at radius 3 is 2.70 bits per heavy atom. The zero-order chi connectivity index (χ0) is 15.3. The number of carbonyl (C=O) groups is 1. The maximum atomic E-state index is 12.3. The molecule has 1 amide bonds. The number of hydrogen-bond donors (Lipinski definition) is 1. The number of amides is 1. The van der Waals surface area contributed by atoms with Gasteiger partial charge in [-0.15, -0.1) is 0 Å².